The van der Waals surface area contributed by atoms with Crippen molar-refractivity contribution >= 4 is 27.3 Å². The van der Waals surface area contributed by atoms with Gasteiger partial charge < -0.3 is 9.84 Å². The van der Waals surface area contributed by atoms with Crippen LogP contribution in [0.5, 0.6) is 0 Å². The summed E-state index contributed by atoms with van der Waals surface area (Å²) in [5.74, 6) is -0.0867. The van der Waals surface area contributed by atoms with Gasteiger partial charge >= 0.3 is 0 Å². The lowest BCUT2D eigenvalue weighted by atomic mass is 10.2. The highest BCUT2D eigenvalue weighted by molar-refractivity contribution is 7.90. The van der Waals surface area contributed by atoms with Gasteiger partial charge in [0.1, 0.15) is 5.75 Å². The number of hydrogen-bond donors (Lipinski definition) is 1. The number of aromatic nitrogens is 2. The zero-order chi connectivity index (χ0) is 18.6. The summed E-state index contributed by atoms with van der Waals surface area (Å²) >= 11 is 5.77. The fraction of sp³-hybridized carbons (Fsp3) is 0.471. The second kappa shape index (κ2) is 8.18. The number of nitrogens with one attached hydrogen (secondary N) is 1. The van der Waals surface area contributed by atoms with E-state index in [1.54, 1.807) is 0 Å². The number of hydrogen-bond acceptors (Lipinski definition) is 6. The van der Waals surface area contributed by atoms with Gasteiger partial charge in [0.25, 0.3) is 0 Å². The first-order chi connectivity index (χ1) is 12.4. The lowest BCUT2D eigenvalue weighted by molar-refractivity contribution is -0.121. The molecule has 0 atom stereocenters. The van der Waals surface area contributed by atoms with Crippen LogP contribution in [0.25, 0.3) is 0 Å². The second-order valence-electron chi connectivity index (χ2n) is 6.37. The summed E-state index contributed by atoms with van der Waals surface area (Å²) in [5.41, 5.74) is 0. The van der Waals surface area contributed by atoms with Crippen LogP contribution < -0.4 is 5.32 Å². The molecule has 3 rings (SSSR count). The SMILES string of the molecule is O=C(CCc1nc(CS(=O)(=O)c2ccc(Cl)cc2)no1)NC1CCCC1. The van der Waals surface area contributed by atoms with E-state index in [1.807, 2.05) is 0 Å². The Hall–Kier alpha value is -1.93. The number of amides is 1. The summed E-state index contributed by atoms with van der Waals surface area (Å²) < 4.78 is 29.8. The molecule has 1 fully saturated rings. The van der Waals surface area contributed by atoms with Gasteiger partial charge in [0.05, 0.1) is 4.90 Å². The van der Waals surface area contributed by atoms with Gasteiger partial charge in [-0.15, -0.1) is 0 Å². The third-order valence-electron chi connectivity index (χ3n) is 4.29. The topological polar surface area (TPSA) is 102 Å². The molecular formula is C17H20ClN3O4S. The number of halogens is 1. The number of nitrogens with zero attached hydrogens (tertiary/aromatic N) is 2. The van der Waals surface area contributed by atoms with E-state index in [4.69, 9.17) is 16.1 Å². The Bertz CT molecular complexity index is 858. The molecule has 140 valence electrons. The number of sulfone groups is 1. The highest BCUT2D eigenvalue weighted by Crippen LogP contribution is 2.19. The molecule has 0 radical (unpaired) electrons. The molecular weight excluding hydrogens is 378 g/mol. The van der Waals surface area contributed by atoms with Gasteiger partial charge in [-0.1, -0.05) is 29.6 Å². The minimum absolute atomic E-state index is 0.0505. The third kappa shape index (κ3) is 5.04. The van der Waals surface area contributed by atoms with Crippen LogP contribution in [0, 0.1) is 0 Å². The maximum atomic E-state index is 12.4. The van der Waals surface area contributed by atoms with Gasteiger partial charge in [-0.05, 0) is 37.1 Å². The minimum Gasteiger partial charge on any atom is -0.353 e. The van der Waals surface area contributed by atoms with Crippen LogP contribution in [0.3, 0.4) is 0 Å². The zero-order valence-electron chi connectivity index (χ0n) is 14.2. The summed E-state index contributed by atoms with van der Waals surface area (Å²) in [6, 6.07) is 6.17. The van der Waals surface area contributed by atoms with Gasteiger partial charge in [0.2, 0.25) is 11.8 Å². The van der Waals surface area contributed by atoms with Crippen molar-refractivity contribution in [2.24, 2.45) is 0 Å². The molecule has 1 aromatic heterocycles. The molecule has 9 heteroatoms. The molecule has 1 saturated carbocycles. The molecule has 1 aromatic carbocycles. The van der Waals surface area contributed by atoms with Crippen LogP contribution >= 0.6 is 11.6 Å². The van der Waals surface area contributed by atoms with Gasteiger partial charge in [-0.25, -0.2) is 8.42 Å². The standard InChI is InChI=1S/C17H20ClN3O4S/c18-12-5-7-14(8-6-12)26(23,24)11-15-20-17(25-21-15)10-9-16(22)19-13-3-1-2-4-13/h5-8,13H,1-4,9-11H2,(H,19,22). The van der Waals surface area contributed by atoms with E-state index >= 15 is 0 Å². The highest BCUT2D eigenvalue weighted by Gasteiger charge is 2.20. The fourth-order valence-corrected chi connectivity index (χ4v) is 4.24. The number of carbonyl (C=O) groups is 1. The summed E-state index contributed by atoms with van der Waals surface area (Å²) in [4.78, 5) is 16.1. The fourth-order valence-electron chi connectivity index (χ4n) is 2.94. The summed E-state index contributed by atoms with van der Waals surface area (Å²) in [6.07, 6.45) is 4.88. The van der Waals surface area contributed by atoms with Crippen molar-refractivity contribution in [3.8, 4) is 0 Å². The zero-order valence-corrected chi connectivity index (χ0v) is 15.7. The van der Waals surface area contributed by atoms with Crippen LogP contribution in [-0.2, 0) is 26.8 Å². The van der Waals surface area contributed by atoms with Crippen molar-refractivity contribution in [2.75, 3.05) is 0 Å². The minimum atomic E-state index is -3.59. The van der Waals surface area contributed by atoms with E-state index in [1.165, 1.54) is 24.3 Å². The summed E-state index contributed by atoms with van der Waals surface area (Å²) in [6.45, 7) is 0. The molecule has 1 aliphatic carbocycles. The maximum absolute atomic E-state index is 12.4. The van der Waals surface area contributed by atoms with Crippen molar-refractivity contribution < 1.29 is 17.7 Å². The van der Waals surface area contributed by atoms with Crippen molar-refractivity contribution in [3.63, 3.8) is 0 Å². The van der Waals surface area contributed by atoms with Crippen molar-refractivity contribution in [1.29, 1.82) is 0 Å². The molecule has 7 nitrogen and oxygen atoms in total. The number of rotatable bonds is 7. The van der Waals surface area contributed by atoms with Gasteiger partial charge in [-0.2, -0.15) is 4.98 Å². The van der Waals surface area contributed by atoms with Gasteiger partial charge in [0.15, 0.2) is 15.7 Å². The molecule has 1 N–H and O–H groups in total. The van der Waals surface area contributed by atoms with Crippen LogP contribution in [0.15, 0.2) is 33.7 Å². The summed E-state index contributed by atoms with van der Waals surface area (Å²) in [5, 5.41) is 7.15. The van der Waals surface area contributed by atoms with E-state index < -0.39 is 9.84 Å². The van der Waals surface area contributed by atoms with E-state index in [0.29, 0.717) is 5.02 Å². The number of aryl methyl sites for hydroxylation is 1. The lowest BCUT2D eigenvalue weighted by Gasteiger charge is -2.10. The van der Waals surface area contributed by atoms with Crippen molar-refractivity contribution in [3.05, 3.63) is 41.0 Å². The first kappa shape index (κ1) is 18.8. The molecule has 0 aliphatic heterocycles. The Balaban J connectivity index is 1.54. The smallest absolute Gasteiger partial charge is 0.227 e. The number of benzene rings is 1. The Labute approximate surface area is 157 Å². The first-order valence-electron chi connectivity index (χ1n) is 8.51. The second-order valence-corrected chi connectivity index (χ2v) is 8.79. The summed E-state index contributed by atoms with van der Waals surface area (Å²) in [7, 11) is -3.59. The molecule has 0 spiro atoms. The lowest BCUT2D eigenvalue weighted by Crippen LogP contribution is -2.32. The molecule has 1 aliphatic rings. The van der Waals surface area contributed by atoms with E-state index in [2.05, 4.69) is 15.5 Å². The Morgan fingerprint density at radius 3 is 2.62 bits per heavy atom. The Morgan fingerprint density at radius 1 is 1.23 bits per heavy atom. The van der Waals surface area contributed by atoms with Crippen LogP contribution in [-0.4, -0.2) is 30.5 Å². The van der Waals surface area contributed by atoms with Crippen molar-refractivity contribution in [1.82, 2.24) is 15.5 Å². The first-order valence-corrected chi connectivity index (χ1v) is 10.5. The monoisotopic (exact) mass is 397 g/mol. The predicted octanol–water partition coefficient (Wildman–Crippen LogP) is 2.69. The maximum Gasteiger partial charge on any atom is 0.227 e. The largest absolute Gasteiger partial charge is 0.353 e. The van der Waals surface area contributed by atoms with Crippen LogP contribution in [0.4, 0.5) is 0 Å². The average Bonchev–Trinajstić information content (AvgIpc) is 3.25. The quantitative estimate of drug-likeness (QED) is 0.770. The molecule has 0 saturated heterocycles. The van der Waals surface area contributed by atoms with E-state index in [9.17, 15) is 13.2 Å². The van der Waals surface area contributed by atoms with Crippen molar-refractivity contribution in [2.45, 2.75) is 55.2 Å². The van der Waals surface area contributed by atoms with Gasteiger partial charge in [0, 0.05) is 23.9 Å². The predicted molar refractivity (Wildman–Crippen MR) is 95.4 cm³/mol. The molecule has 26 heavy (non-hydrogen) atoms. The molecule has 2 aromatic rings. The normalized spacial score (nSPS) is 15.3. The molecule has 1 amide bonds. The molecule has 0 bridgehead atoms. The Kier molecular flexibility index (Phi) is 5.93. The highest BCUT2D eigenvalue weighted by atomic mass is 35.5. The van der Waals surface area contributed by atoms with E-state index in [0.717, 1.165) is 25.7 Å². The van der Waals surface area contributed by atoms with Crippen LogP contribution in [0.2, 0.25) is 5.02 Å². The molecule has 1 heterocycles. The Morgan fingerprint density at radius 2 is 1.92 bits per heavy atom. The van der Waals surface area contributed by atoms with Gasteiger partial charge in [-0.3, -0.25) is 4.79 Å². The van der Waals surface area contributed by atoms with E-state index in [-0.39, 0.29) is 47.2 Å². The molecule has 0 unspecified atom stereocenters. The number of carbonyl (C=O) groups excluding carboxylic acids is 1. The average molecular weight is 398 g/mol. The van der Waals surface area contributed by atoms with Crippen LogP contribution in [0.1, 0.15) is 43.8 Å². The third-order valence-corrected chi connectivity index (χ3v) is 6.17.